The van der Waals surface area contributed by atoms with Gasteiger partial charge in [-0.3, -0.25) is 14.6 Å². The van der Waals surface area contributed by atoms with Gasteiger partial charge in [-0.05, 0) is 20.3 Å². The highest BCUT2D eigenvalue weighted by atomic mass is 16.2. The molecule has 1 fully saturated rings. The van der Waals surface area contributed by atoms with E-state index in [0.29, 0.717) is 13.1 Å². The van der Waals surface area contributed by atoms with Crippen LogP contribution in [0.2, 0.25) is 0 Å². The fourth-order valence-electron chi connectivity index (χ4n) is 1.91. The van der Waals surface area contributed by atoms with Crippen LogP contribution in [0.5, 0.6) is 0 Å². The van der Waals surface area contributed by atoms with Gasteiger partial charge in [0.25, 0.3) is 0 Å². The molecule has 0 aliphatic carbocycles. The van der Waals surface area contributed by atoms with Gasteiger partial charge in [0.15, 0.2) is 0 Å². The van der Waals surface area contributed by atoms with Crippen LogP contribution in [0.15, 0.2) is 0 Å². The molecule has 1 aliphatic rings. The second kappa shape index (κ2) is 6.72. The average molecular weight is 252 g/mol. The highest BCUT2D eigenvalue weighted by Gasteiger charge is 2.22. The first-order valence-corrected chi connectivity index (χ1v) is 6.59. The van der Waals surface area contributed by atoms with Crippen molar-refractivity contribution in [2.45, 2.75) is 32.7 Å². The molecule has 0 atom stereocenters. The van der Waals surface area contributed by atoms with E-state index >= 15 is 0 Å². The molecular weight excluding hydrogens is 228 g/mol. The molecule has 0 aromatic carbocycles. The Labute approximate surface area is 110 Å². The number of nitrogens with one attached hydrogen (secondary N) is 1. The Morgan fingerprint density at radius 2 is 1.83 bits per heavy atom. The van der Waals surface area contributed by atoms with Crippen molar-refractivity contribution in [1.82, 2.24) is 15.1 Å². The molecule has 0 saturated carbocycles. The van der Waals surface area contributed by atoms with Gasteiger partial charge in [-0.15, -0.1) is 0 Å². The highest BCUT2D eigenvalue weighted by Crippen LogP contribution is 2.07. The van der Waals surface area contributed by atoms with Gasteiger partial charge < -0.3 is 5.32 Å². The number of amides is 1. The van der Waals surface area contributed by atoms with Crippen LogP contribution < -0.4 is 5.32 Å². The Balaban J connectivity index is 2.29. The van der Waals surface area contributed by atoms with Crippen LogP contribution in [0.4, 0.5) is 0 Å². The van der Waals surface area contributed by atoms with Gasteiger partial charge in [0.1, 0.15) is 0 Å². The van der Waals surface area contributed by atoms with Crippen molar-refractivity contribution in [2.24, 2.45) is 0 Å². The zero-order chi connectivity index (χ0) is 13.6. The molecule has 5 heteroatoms. The summed E-state index contributed by atoms with van der Waals surface area (Å²) in [6, 6.07) is 2.16. The smallest absolute Gasteiger partial charge is 0.234 e. The molecule has 0 unspecified atom stereocenters. The van der Waals surface area contributed by atoms with Crippen molar-refractivity contribution in [3.05, 3.63) is 0 Å². The predicted octanol–water partition coefficient (Wildman–Crippen LogP) is 0.432. The Morgan fingerprint density at radius 3 is 2.33 bits per heavy atom. The summed E-state index contributed by atoms with van der Waals surface area (Å²) in [5, 5.41) is 11.7. The third-order valence-electron chi connectivity index (χ3n) is 3.49. The van der Waals surface area contributed by atoms with Crippen LogP contribution in [-0.2, 0) is 4.79 Å². The van der Waals surface area contributed by atoms with Gasteiger partial charge in [0, 0.05) is 31.7 Å². The van der Waals surface area contributed by atoms with Crippen molar-refractivity contribution >= 4 is 5.91 Å². The normalized spacial score (nSPS) is 18.3. The Hall–Kier alpha value is -1.12. The molecule has 1 saturated heterocycles. The molecule has 18 heavy (non-hydrogen) atoms. The van der Waals surface area contributed by atoms with Gasteiger partial charge in [-0.1, -0.05) is 6.92 Å². The second-order valence-corrected chi connectivity index (χ2v) is 5.50. The monoisotopic (exact) mass is 252 g/mol. The molecule has 102 valence electrons. The van der Waals surface area contributed by atoms with Crippen molar-refractivity contribution in [3.63, 3.8) is 0 Å². The minimum atomic E-state index is -0.125. The van der Waals surface area contributed by atoms with E-state index in [0.717, 1.165) is 32.6 Å². The third-order valence-corrected chi connectivity index (χ3v) is 3.49. The Morgan fingerprint density at radius 1 is 1.28 bits per heavy atom. The Kier molecular flexibility index (Phi) is 5.57. The summed E-state index contributed by atoms with van der Waals surface area (Å²) in [4.78, 5) is 16.1. The molecular formula is C13H24N4O. The maximum atomic E-state index is 11.9. The molecule has 0 bridgehead atoms. The molecule has 0 radical (unpaired) electrons. The number of carbonyl (C=O) groups excluding carboxylic acids is 1. The van der Waals surface area contributed by atoms with E-state index in [2.05, 4.69) is 28.1 Å². The third kappa shape index (κ3) is 5.03. The van der Waals surface area contributed by atoms with Crippen LogP contribution >= 0.6 is 0 Å². The molecule has 1 N–H and O–H groups in total. The van der Waals surface area contributed by atoms with Gasteiger partial charge in [-0.25, -0.2) is 0 Å². The number of nitriles is 1. The zero-order valence-electron chi connectivity index (χ0n) is 11.7. The summed E-state index contributed by atoms with van der Waals surface area (Å²) >= 11 is 0. The molecule has 0 aromatic heterocycles. The van der Waals surface area contributed by atoms with Gasteiger partial charge in [0.05, 0.1) is 19.2 Å². The maximum absolute atomic E-state index is 11.9. The van der Waals surface area contributed by atoms with Gasteiger partial charge in [0.2, 0.25) is 5.91 Å². The van der Waals surface area contributed by atoms with Crippen molar-refractivity contribution in [1.29, 1.82) is 5.26 Å². The number of hydrogen-bond acceptors (Lipinski definition) is 4. The van der Waals surface area contributed by atoms with Crippen molar-refractivity contribution < 1.29 is 4.79 Å². The number of piperazine rings is 1. The summed E-state index contributed by atoms with van der Waals surface area (Å²) in [6.45, 7) is 10.6. The zero-order valence-corrected chi connectivity index (χ0v) is 11.7. The van der Waals surface area contributed by atoms with Crippen LogP contribution in [0.25, 0.3) is 0 Å². The lowest BCUT2D eigenvalue weighted by Gasteiger charge is -2.34. The van der Waals surface area contributed by atoms with Crippen LogP contribution in [0.3, 0.4) is 0 Å². The quantitative estimate of drug-likeness (QED) is 0.721. The molecule has 1 amide bonds. The summed E-state index contributed by atoms with van der Waals surface area (Å²) in [6.07, 6.45) is 0.925. The van der Waals surface area contributed by atoms with Crippen molar-refractivity contribution in [2.75, 3.05) is 39.3 Å². The van der Waals surface area contributed by atoms with Crippen LogP contribution in [0, 0.1) is 11.3 Å². The summed E-state index contributed by atoms with van der Waals surface area (Å²) in [5.41, 5.74) is -0.125. The predicted molar refractivity (Wildman–Crippen MR) is 71.0 cm³/mol. The average Bonchev–Trinajstić information content (AvgIpc) is 2.31. The highest BCUT2D eigenvalue weighted by molar-refractivity contribution is 5.78. The molecule has 0 spiro atoms. The molecule has 5 nitrogen and oxygen atoms in total. The number of nitrogens with zero attached hydrogens (tertiary/aromatic N) is 3. The SMILES string of the molecule is CCC(C)(C)NC(=O)CN1CCN(CC#N)CC1. The molecule has 1 heterocycles. The fraction of sp³-hybridized carbons (Fsp3) is 0.846. The lowest BCUT2D eigenvalue weighted by atomic mass is 10.0. The summed E-state index contributed by atoms with van der Waals surface area (Å²) in [5.74, 6) is 0.0931. The fourth-order valence-corrected chi connectivity index (χ4v) is 1.91. The Bertz CT molecular complexity index is 313. The summed E-state index contributed by atoms with van der Waals surface area (Å²) < 4.78 is 0. The second-order valence-electron chi connectivity index (χ2n) is 5.50. The van der Waals surface area contributed by atoms with E-state index in [1.54, 1.807) is 0 Å². The lowest BCUT2D eigenvalue weighted by molar-refractivity contribution is -0.124. The summed E-state index contributed by atoms with van der Waals surface area (Å²) in [7, 11) is 0. The first kappa shape index (κ1) is 14.9. The van der Waals surface area contributed by atoms with Crippen molar-refractivity contribution in [3.8, 4) is 6.07 Å². The van der Waals surface area contributed by atoms with E-state index in [1.165, 1.54) is 0 Å². The topological polar surface area (TPSA) is 59.4 Å². The van der Waals surface area contributed by atoms with E-state index in [4.69, 9.17) is 5.26 Å². The standard InChI is InChI=1S/C13H24N4O/c1-4-13(2,3)15-12(18)11-17-9-7-16(6-5-14)8-10-17/h4,6-11H2,1-3H3,(H,15,18). The van der Waals surface area contributed by atoms with E-state index in [-0.39, 0.29) is 11.4 Å². The number of carbonyl (C=O) groups is 1. The minimum Gasteiger partial charge on any atom is -0.350 e. The number of hydrogen-bond donors (Lipinski definition) is 1. The maximum Gasteiger partial charge on any atom is 0.234 e. The lowest BCUT2D eigenvalue weighted by Crippen LogP contribution is -2.52. The first-order valence-electron chi connectivity index (χ1n) is 6.59. The minimum absolute atomic E-state index is 0.0931. The molecule has 1 aliphatic heterocycles. The van der Waals surface area contributed by atoms with Gasteiger partial charge >= 0.3 is 0 Å². The van der Waals surface area contributed by atoms with Crippen LogP contribution in [-0.4, -0.2) is 60.5 Å². The molecule has 1 rings (SSSR count). The largest absolute Gasteiger partial charge is 0.350 e. The van der Waals surface area contributed by atoms with E-state index < -0.39 is 0 Å². The molecule has 0 aromatic rings. The van der Waals surface area contributed by atoms with E-state index in [9.17, 15) is 4.79 Å². The van der Waals surface area contributed by atoms with E-state index in [1.807, 2.05) is 13.8 Å². The first-order chi connectivity index (χ1) is 8.46. The van der Waals surface area contributed by atoms with Gasteiger partial charge in [-0.2, -0.15) is 5.26 Å². The number of rotatable bonds is 5. The van der Waals surface area contributed by atoms with Crippen LogP contribution in [0.1, 0.15) is 27.2 Å².